The molecular formula is C11H8N2O4S. The molecule has 2 rings (SSSR count). The number of nitro benzene ring substituents is 1. The van der Waals surface area contributed by atoms with Crippen LogP contribution in [0.2, 0.25) is 0 Å². The maximum Gasteiger partial charge on any atom is 0.293 e. The van der Waals surface area contributed by atoms with Gasteiger partial charge in [-0.05, 0) is 35.5 Å². The van der Waals surface area contributed by atoms with Crippen LogP contribution in [0.15, 0.2) is 29.2 Å². The third-order valence-electron chi connectivity index (χ3n) is 2.39. The second kappa shape index (κ2) is 4.61. The number of benzene rings is 1. The predicted molar refractivity (Wildman–Crippen MR) is 66.8 cm³/mol. The van der Waals surface area contributed by atoms with E-state index in [9.17, 15) is 19.7 Å². The first-order valence-corrected chi connectivity index (χ1v) is 5.76. The van der Waals surface area contributed by atoms with E-state index >= 15 is 0 Å². The number of thioether (sulfide) groups is 1. The van der Waals surface area contributed by atoms with Gasteiger partial charge in [0.15, 0.2) is 0 Å². The third kappa shape index (κ3) is 2.25. The van der Waals surface area contributed by atoms with Crippen molar-refractivity contribution < 1.29 is 14.5 Å². The lowest BCUT2D eigenvalue weighted by atomic mass is 10.2. The highest BCUT2D eigenvalue weighted by molar-refractivity contribution is 8.18. The highest BCUT2D eigenvalue weighted by atomic mass is 32.2. The summed E-state index contributed by atoms with van der Waals surface area (Å²) >= 11 is 0.852. The van der Waals surface area contributed by atoms with E-state index in [4.69, 9.17) is 0 Å². The molecular weight excluding hydrogens is 256 g/mol. The van der Waals surface area contributed by atoms with Crippen molar-refractivity contribution in [3.63, 3.8) is 0 Å². The molecule has 6 nitrogen and oxygen atoms in total. The highest BCUT2D eigenvalue weighted by Crippen LogP contribution is 2.31. The van der Waals surface area contributed by atoms with Crippen molar-refractivity contribution in [2.45, 2.75) is 0 Å². The Bertz CT molecular complexity index is 565. The molecule has 0 radical (unpaired) electrons. The zero-order chi connectivity index (χ0) is 13.3. The Hall–Kier alpha value is -2.15. The molecule has 0 spiro atoms. The zero-order valence-corrected chi connectivity index (χ0v) is 10.1. The standard InChI is InChI=1S/C11H8N2O4S/c1-12-10(14)9(18-11(12)15)6-7-2-4-8(5-3-7)13(16)17/h2-6H,1H3. The first-order chi connectivity index (χ1) is 8.49. The van der Waals surface area contributed by atoms with Gasteiger partial charge in [0.1, 0.15) is 0 Å². The molecule has 1 saturated heterocycles. The molecule has 0 bridgehead atoms. The van der Waals surface area contributed by atoms with Crippen LogP contribution in [-0.2, 0) is 4.79 Å². The van der Waals surface area contributed by atoms with Crippen molar-refractivity contribution in [2.24, 2.45) is 0 Å². The van der Waals surface area contributed by atoms with Gasteiger partial charge in [0.2, 0.25) is 0 Å². The molecule has 2 amide bonds. The molecule has 1 aliphatic rings. The topological polar surface area (TPSA) is 80.5 Å². The lowest BCUT2D eigenvalue weighted by Gasteiger charge is -2.00. The van der Waals surface area contributed by atoms with E-state index in [1.54, 1.807) is 0 Å². The van der Waals surface area contributed by atoms with Crippen molar-refractivity contribution in [1.29, 1.82) is 0 Å². The van der Waals surface area contributed by atoms with Crippen LogP contribution < -0.4 is 0 Å². The van der Waals surface area contributed by atoms with Crippen molar-refractivity contribution in [1.82, 2.24) is 4.90 Å². The van der Waals surface area contributed by atoms with Crippen LogP contribution in [-0.4, -0.2) is 28.0 Å². The molecule has 7 heteroatoms. The Morgan fingerprint density at radius 2 is 1.89 bits per heavy atom. The number of likely N-dealkylation sites (N-methyl/N-ethyl adjacent to an activating group) is 1. The van der Waals surface area contributed by atoms with E-state index in [1.165, 1.54) is 37.4 Å². The van der Waals surface area contributed by atoms with Gasteiger partial charge in [0.25, 0.3) is 16.8 Å². The van der Waals surface area contributed by atoms with Crippen molar-refractivity contribution in [3.05, 3.63) is 44.8 Å². The maximum atomic E-state index is 11.6. The smallest absolute Gasteiger partial charge is 0.272 e. The number of hydrogen-bond donors (Lipinski definition) is 0. The SMILES string of the molecule is CN1C(=O)SC(=Cc2ccc([N+](=O)[O-])cc2)C1=O. The van der Waals surface area contributed by atoms with Gasteiger partial charge >= 0.3 is 0 Å². The molecule has 1 aliphatic heterocycles. The van der Waals surface area contributed by atoms with Crippen molar-refractivity contribution >= 4 is 34.7 Å². The molecule has 1 heterocycles. The Kier molecular flexibility index (Phi) is 3.15. The quantitative estimate of drug-likeness (QED) is 0.465. The summed E-state index contributed by atoms with van der Waals surface area (Å²) < 4.78 is 0. The van der Waals surface area contributed by atoms with E-state index in [1.807, 2.05) is 0 Å². The van der Waals surface area contributed by atoms with Gasteiger partial charge in [-0.25, -0.2) is 0 Å². The summed E-state index contributed by atoms with van der Waals surface area (Å²) in [4.78, 5) is 34.2. The Morgan fingerprint density at radius 3 is 2.33 bits per heavy atom. The van der Waals surface area contributed by atoms with E-state index in [-0.39, 0.29) is 16.8 Å². The lowest BCUT2D eigenvalue weighted by Crippen LogP contribution is -2.22. The average molecular weight is 264 g/mol. The van der Waals surface area contributed by atoms with Gasteiger partial charge in [0, 0.05) is 19.2 Å². The average Bonchev–Trinajstić information content (AvgIpc) is 2.58. The number of non-ortho nitro benzene ring substituents is 1. The number of nitrogens with zero attached hydrogens (tertiary/aromatic N) is 2. The fraction of sp³-hybridized carbons (Fsp3) is 0.0909. The molecule has 92 valence electrons. The summed E-state index contributed by atoms with van der Waals surface area (Å²) in [5.74, 6) is -0.358. The van der Waals surface area contributed by atoms with Gasteiger partial charge in [-0.1, -0.05) is 0 Å². The van der Waals surface area contributed by atoms with E-state index in [0.717, 1.165) is 16.7 Å². The summed E-state index contributed by atoms with van der Waals surface area (Å²) in [5.41, 5.74) is 0.621. The molecule has 1 fully saturated rings. The summed E-state index contributed by atoms with van der Waals surface area (Å²) in [7, 11) is 1.41. The summed E-state index contributed by atoms with van der Waals surface area (Å²) in [6.07, 6.45) is 1.54. The first-order valence-electron chi connectivity index (χ1n) is 4.95. The fourth-order valence-electron chi connectivity index (χ4n) is 1.39. The minimum atomic E-state index is -0.496. The van der Waals surface area contributed by atoms with Crippen molar-refractivity contribution in [2.75, 3.05) is 7.05 Å². The minimum absolute atomic E-state index is 0.0178. The van der Waals surface area contributed by atoms with Crippen LogP contribution in [0, 0.1) is 10.1 Å². The number of hydrogen-bond acceptors (Lipinski definition) is 5. The second-order valence-electron chi connectivity index (χ2n) is 3.59. The van der Waals surface area contributed by atoms with E-state index in [2.05, 4.69) is 0 Å². The predicted octanol–water partition coefficient (Wildman–Crippen LogP) is 2.26. The van der Waals surface area contributed by atoms with Gasteiger partial charge in [0.05, 0.1) is 9.83 Å². The van der Waals surface area contributed by atoms with Crippen LogP contribution in [0.4, 0.5) is 10.5 Å². The first kappa shape index (κ1) is 12.3. The number of nitro groups is 1. The van der Waals surface area contributed by atoms with E-state index in [0.29, 0.717) is 10.5 Å². The summed E-state index contributed by atoms with van der Waals surface area (Å²) in [6, 6.07) is 5.76. The zero-order valence-electron chi connectivity index (χ0n) is 9.32. The van der Waals surface area contributed by atoms with Crippen LogP contribution >= 0.6 is 11.8 Å². The Morgan fingerprint density at radius 1 is 1.28 bits per heavy atom. The molecule has 0 atom stereocenters. The highest BCUT2D eigenvalue weighted by Gasteiger charge is 2.31. The molecule has 0 saturated carbocycles. The van der Waals surface area contributed by atoms with Crippen LogP contribution in [0.1, 0.15) is 5.56 Å². The summed E-state index contributed by atoms with van der Waals surface area (Å²) in [5, 5.41) is 10.1. The number of imide groups is 1. The molecule has 0 unspecified atom stereocenters. The Balaban J connectivity index is 2.26. The summed E-state index contributed by atoms with van der Waals surface area (Å²) in [6.45, 7) is 0. The Labute approximate surface area is 106 Å². The van der Waals surface area contributed by atoms with Gasteiger partial charge in [-0.15, -0.1) is 0 Å². The lowest BCUT2D eigenvalue weighted by molar-refractivity contribution is -0.384. The number of carbonyl (C=O) groups is 2. The largest absolute Gasteiger partial charge is 0.293 e. The van der Waals surface area contributed by atoms with Gasteiger partial charge in [-0.3, -0.25) is 24.6 Å². The molecule has 0 aromatic heterocycles. The van der Waals surface area contributed by atoms with Crippen LogP contribution in [0.25, 0.3) is 6.08 Å². The third-order valence-corrected chi connectivity index (χ3v) is 3.35. The molecule has 18 heavy (non-hydrogen) atoms. The van der Waals surface area contributed by atoms with Crippen LogP contribution in [0.5, 0.6) is 0 Å². The molecule has 0 N–H and O–H groups in total. The second-order valence-corrected chi connectivity index (χ2v) is 4.58. The minimum Gasteiger partial charge on any atom is -0.272 e. The molecule has 1 aromatic rings. The van der Waals surface area contributed by atoms with Crippen molar-refractivity contribution in [3.8, 4) is 0 Å². The fourth-order valence-corrected chi connectivity index (χ4v) is 2.22. The molecule has 0 aliphatic carbocycles. The normalized spacial score (nSPS) is 17.6. The van der Waals surface area contributed by atoms with Gasteiger partial charge in [-0.2, -0.15) is 0 Å². The van der Waals surface area contributed by atoms with E-state index < -0.39 is 4.92 Å². The van der Waals surface area contributed by atoms with Crippen LogP contribution in [0.3, 0.4) is 0 Å². The number of rotatable bonds is 2. The molecule has 1 aromatic carbocycles. The monoisotopic (exact) mass is 264 g/mol. The number of carbonyl (C=O) groups excluding carboxylic acids is 2. The number of amides is 2. The maximum absolute atomic E-state index is 11.6. The van der Waals surface area contributed by atoms with Gasteiger partial charge < -0.3 is 0 Å².